The van der Waals surface area contributed by atoms with E-state index in [1.807, 2.05) is 41.9 Å². The fraction of sp³-hybridized carbons (Fsp3) is 0.529. The Labute approximate surface area is 142 Å². The van der Waals surface area contributed by atoms with E-state index in [-0.39, 0.29) is 11.8 Å². The number of aromatic nitrogens is 3. The van der Waals surface area contributed by atoms with Gasteiger partial charge in [0.25, 0.3) is 5.91 Å². The molecule has 0 fully saturated rings. The number of rotatable bonds is 6. The molecule has 7 nitrogen and oxygen atoms in total. The number of aromatic amines is 1. The number of carbonyl (C=O) groups is 1. The average molecular weight is 331 g/mol. The summed E-state index contributed by atoms with van der Waals surface area (Å²) in [6.45, 7) is 4.24. The number of carbonyl (C=O) groups excluding carboxylic acids is 1. The third kappa shape index (κ3) is 4.04. The smallest absolute Gasteiger partial charge is 0.270 e. The zero-order valence-corrected chi connectivity index (χ0v) is 14.3. The second-order valence-electron chi connectivity index (χ2n) is 6.52. The standard InChI is InChI=1S/C17H25N5O2/c1-20(2)8-9-24-13-14-10-21(17(23)16-4-3-6-18-16)12-15-5-7-19-22(15)11-14/h3-7,14,18H,8-13H2,1-2H3. The third-order valence-electron chi connectivity index (χ3n) is 4.22. The van der Waals surface area contributed by atoms with Crippen LogP contribution < -0.4 is 0 Å². The van der Waals surface area contributed by atoms with Crippen LogP contribution in [0.4, 0.5) is 0 Å². The molecule has 1 aliphatic heterocycles. The van der Waals surface area contributed by atoms with E-state index >= 15 is 0 Å². The van der Waals surface area contributed by atoms with Crippen molar-refractivity contribution < 1.29 is 9.53 Å². The number of hydrogen-bond donors (Lipinski definition) is 1. The molecule has 1 aliphatic rings. The number of H-pyrrole nitrogens is 1. The van der Waals surface area contributed by atoms with Crippen molar-refractivity contribution in [3.63, 3.8) is 0 Å². The molecule has 0 bridgehead atoms. The second-order valence-corrected chi connectivity index (χ2v) is 6.52. The van der Waals surface area contributed by atoms with Gasteiger partial charge in [0.15, 0.2) is 0 Å². The summed E-state index contributed by atoms with van der Waals surface area (Å²) in [5.74, 6) is 0.250. The normalized spacial score (nSPS) is 17.8. The van der Waals surface area contributed by atoms with Gasteiger partial charge < -0.3 is 19.5 Å². The lowest BCUT2D eigenvalue weighted by Gasteiger charge is -2.24. The van der Waals surface area contributed by atoms with E-state index in [9.17, 15) is 4.79 Å². The van der Waals surface area contributed by atoms with Crippen molar-refractivity contribution in [2.24, 2.45) is 5.92 Å². The van der Waals surface area contributed by atoms with Crippen LogP contribution in [-0.2, 0) is 17.8 Å². The van der Waals surface area contributed by atoms with Gasteiger partial charge >= 0.3 is 0 Å². The topological polar surface area (TPSA) is 66.4 Å². The zero-order chi connectivity index (χ0) is 16.9. The van der Waals surface area contributed by atoms with Crippen LogP contribution in [0.25, 0.3) is 0 Å². The summed E-state index contributed by atoms with van der Waals surface area (Å²) < 4.78 is 7.81. The minimum absolute atomic E-state index is 0.0212. The summed E-state index contributed by atoms with van der Waals surface area (Å²) in [6, 6.07) is 5.63. The van der Waals surface area contributed by atoms with Crippen LogP contribution in [0.3, 0.4) is 0 Å². The Balaban J connectivity index is 1.67. The van der Waals surface area contributed by atoms with Crippen molar-refractivity contribution in [1.29, 1.82) is 0 Å². The van der Waals surface area contributed by atoms with Gasteiger partial charge in [0.1, 0.15) is 5.69 Å². The Hall–Kier alpha value is -2.12. The molecule has 0 aliphatic carbocycles. The number of likely N-dealkylation sites (N-methyl/N-ethyl adjacent to an activating group) is 1. The molecule has 0 spiro atoms. The first-order valence-electron chi connectivity index (χ1n) is 8.29. The van der Waals surface area contributed by atoms with Crippen molar-refractivity contribution >= 4 is 5.91 Å². The predicted octanol–water partition coefficient (Wildman–Crippen LogP) is 1.06. The summed E-state index contributed by atoms with van der Waals surface area (Å²) in [5.41, 5.74) is 1.68. The first kappa shape index (κ1) is 16.7. The largest absolute Gasteiger partial charge is 0.380 e. The molecule has 0 radical (unpaired) electrons. The Morgan fingerprint density at radius 3 is 3.04 bits per heavy atom. The molecule has 1 N–H and O–H groups in total. The van der Waals surface area contributed by atoms with Crippen LogP contribution in [-0.4, -0.2) is 70.9 Å². The van der Waals surface area contributed by atoms with Crippen LogP contribution in [0.15, 0.2) is 30.6 Å². The molecule has 7 heteroatoms. The number of hydrogen-bond acceptors (Lipinski definition) is 4. The summed E-state index contributed by atoms with van der Waals surface area (Å²) in [7, 11) is 4.06. The summed E-state index contributed by atoms with van der Waals surface area (Å²) >= 11 is 0. The van der Waals surface area contributed by atoms with Crippen molar-refractivity contribution in [2.45, 2.75) is 13.1 Å². The van der Waals surface area contributed by atoms with Crippen LogP contribution in [0, 0.1) is 5.92 Å². The highest BCUT2D eigenvalue weighted by Gasteiger charge is 2.26. The molecule has 1 unspecified atom stereocenters. The first-order chi connectivity index (χ1) is 11.6. The van der Waals surface area contributed by atoms with Gasteiger partial charge in [-0.05, 0) is 32.3 Å². The number of amides is 1. The highest BCUT2D eigenvalue weighted by Crippen LogP contribution is 2.18. The van der Waals surface area contributed by atoms with Gasteiger partial charge in [0.2, 0.25) is 0 Å². The molecule has 24 heavy (non-hydrogen) atoms. The van der Waals surface area contributed by atoms with Gasteiger partial charge in [0.05, 0.1) is 25.5 Å². The average Bonchev–Trinajstić information content (AvgIpc) is 3.19. The molecule has 0 saturated carbocycles. The van der Waals surface area contributed by atoms with Gasteiger partial charge in [-0.2, -0.15) is 5.10 Å². The molecule has 1 amide bonds. The number of nitrogens with zero attached hydrogens (tertiary/aromatic N) is 4. The molecule has 3 rings (SSSR count). The van der Waals surface area contributed by atoms with Gasteiger partial charge in [-0.3, -0.25) is 9.48 Å². The van der Waals surface area contributed by atoms with E-state index in [0.717, 1.165) is 18.8 Å². The number of nitrogens with one attached hydrogen (secondary N) is 1. The van der Waals surface area contributed by atoms with Crippen LogP contribution in [0.1, 0.15) is 16.2 Å². The summed E-state index contributed by atoms with van der Waals surface area (Å²) in [5, 5.41) is 4.39. The molecule has 1 atom stereocenters. The molecular formula is C17H25N5O2. The highest BCUT2D eigenvalue weighted by atomic mass is 16.5. The monoisotopic (exact) mass is 331 g/mol. The maximum atomic E-state index is 12.7. The fourth-order valence-corrected chi connectivity index (χ4v) is 2.92. The lowest BCUT2D eigenvalue weighted by Crippen LogP contribution is -2.35. The number of ether oxygens (including phenoxy) is 1. The number of fused-ring (bicyclic) bond motifs is 1. The highest BCUT2D eigenvalue weighted by molar-refractivity contribution is 5.92. The van der Waals surface area contributed by atoms with E-state index in [1.54, 1.807) is 12.4 Å². The van der Waals surface area contributed by atoms with Gasteiger partial charge in [-0.25, -0.2) is 0 Å². The van der Waals surface area contributed by atoms with E-state index in [2.05, 4.69) is 15.0 Å². The lowest BCUT2D eigenvalue weighted by molar-refractivity contribution is 0.0557. The summed E-state index contributed by atoms with van der Waals surface area (Å²) in [6.07, 6.45) is 3.57. The molecule has 0 aromatic carbocycles. The Morgan fingerprint density at radius 1 is 1.42 bits per heavy atom. The Bertz CT molecular complexity index is 650. The molecule has 2 aromatic rings. The quantitative estimate of drug-likeness (QED) is 0.804. The van der Waals surface area contributed by atoms with Crippen LogP contribution >= 0.6 is 0 Å². The third-order valence-corrected chi connectivity index (χ3v) is 4.22. The summed E-state index contributed by atoms with van der Waals surface area (Å²) in [4.78, 5) is 19.7. The van der Waals surface area contributed by atoms with E-state index < -0.39 is 0 Å². The molecule has 130 valence electrons. The van der Waals surface area contributed by atoms with Gasteiger partial charge in [0, 0.05) is 37.9 Å². The fourth-order valence-electron chi connectivity index (χ4n) is 2.92. The van der Waals surface area contributed by atoms with Crippen molar-refractivity contribution in [2.75, 3.05) is 40.4 Å². The first-order valence-corrected chi connectivity index (χ1v) is 8.29. The minimum Gasteiger partial charge on any atom is -0.380 e. The van der Waals surface area contributed by atoms with E-state index in [0.29, 0.717) is 32.0 Å². The van der Waals surface area contributed by atoms with Crippen molar-refractivity contribution in [3.05, 3.63) is 42.0 Å². The van der Waals surface area contributed by atoms with Crippen LogP contribution in [0.5, 0.6) is 0 Å². The molecule has 0 saturated heterocycles. The van der Waals surface area contributed by atoms with E-state index in [4.69, 9.17) is 4.74 Å². The molecular weight excluding hydrogens is 306 g/mol. The predicted molar refractivity (Wildman–Crippen MR) is 90.6 cm³/mol. The minimum atomic E-state index is 0.0212. The maximum absolute atomic E-state index is 12.7. The maximum Gasteiger partial charge on any atom is 0.270 e. The Kier molecular flexibility index (Phi) is 5.32. The molecule has 2 aromatic heterocycles. The van der Waals surface area contributed by atoms with Crippen molar-refractivity contribution in [1.82, 2.24) is 24.6 Å². The second kappa shape index (κ2) is 7.63. The Morgan fingerprint density at radius 2 is 2.29 bits per heavy atom. The zero-order valence-electron chi connectivity index (χ0n) is 14.3. The molecule has 3 heterocycles. The van der Waals surface area contributed by atoms with Gasteiger partial charge in [-0.15, -0.1) is 0 Å². The van der Waals surface area contributed by atoms with Crippen LogP contribution in [0.2, 0.25) is 0 Å². The van der Waals surface area contributed by atoms with E-state index in [1.165, 1.54) is 0 Å². The SMILES string of the molecule is CN(C)CCOCC1CN(C(=O)c2ccc[nH]2)Cc2ccnn2C1. The lowest BCUT2D eigenvalue weighted by atomic mass is 10.1. The van der Waals surface area contributed by atoms with Crippen molar-refractivity contribution in [3.8, 4) is 0 Å². The van der Waals surface area contributed by atoms with Gasteiger partial charge in [-0.1, -0.05) is 0 Å².